The number of ether oxygens (including phenoxy) is 2. The maximum Gasteiger partial charge on any atom is 0.249 e. The molecule has 3 rings (SSSR count). The highest BCUT2D eigenvalue weighted by Crippen LogP contribution is 2.19. The third-order valence-corrected chi connectivity index (χ3v) is 3.70. The predicted octanol–water partition coefficient (Wildman–Crippen LogP) is 1.57. The number of pyridine rings is 1. The highest BCUT2D eigenvalue weighted by atomic mass is 16.5. The Balaban J connectivity index is 1.59. The van der Waals surface area contributed by atoms with E-state index >= 15 is 0 Å². The lowest BCUT2D eigenvalue weighted by Crippen LogP contribution is -2.35. The zero-order valence-corrected chi connectivity index (χ0v) is 12.7. The Morgan fingerprint density at radius 2 is 2.50 bits per heavy atom. The molecule has 1 saturated heterocycles. The maximum atomic E-state index is 11.9. The summed E-state index contributed by atoms with van der Waals surface area (Å²) < 4.78 is 12.9. The summed E-state index contributed by atoms with van der Waals surface area (Å²) in [6.45, 7) is 3.81. The third kappa shape index (κ3) is 3.22. The van der Waals surface area contributed by atoms with Crippen LogP contribution in [0, 0.1) is 0 Å². The smallest absolute Gasteiger partial charge is 0.249 e. The van der Waals surface area contributed by atoms with Crippen LogP contribution >= 0.6 is 0 Å². The van der Waals surface area contributed by atoms with E-state index in [1.54, 1.807) is 0 Å². The zero-order chi connectivity index (χ0) is 15.4. The van der Waals surface area contributed by atoms with Gasteiger partial charge in [-0.2, -0.15) is 0 Å². The van der Waals surface area contributed by atoms with Crippen molar-refractivity contribution in [2.24, 2.45) is 0 Å². The monoisotopic (exact) mass is 303 g/mol. The molecule has 2 aromatic heterocycles. The molecule has 6 heteroatoms. The van der Waals surface area contributed by atoms with Crippen LogP contribution in [-0.2, 0) is 16.0 Å². The van der Waals surface area contributed by atoms with Gasteiger partial charge in [0, 0.05) is 32.0 Å². The van der Waals surface area contributed by atoms with Crippen LogP contribution in [-0.4, -0.2) is 41.2 Å². The molecule has 1 unspecified atom stereocenters. The SMILES string of the molecule is CCOc1cccn2cc(CCNC(=O)C3CCCO3)nc12. The summed E-state index contributed by atoms with van der Waals surface area (Å²) in [7, 11) is 0. The van der Waals surface area contributed by atoms with Crippen LogP contribution in [0.2, 0.25) is 0 Å². The van der Waals surface area contributed by atoms with E-state index in [0.29, 0.717) is 26.2 Å². The van der Waals surface area contributed by atoms with Gasteiger partial charge >= 0.3 is 0 Å². The average Bonchev–Trinajstić information content (AvgIpc) is 3.17. The van der Waals surface area contributed by atoms with Crippen LogP contribution in [0.15, 0.2) is 24.5 Å². The summed E-state index contributed by atoms with van der Waals surface area (Å²) in [5, 5.41) is 2.91. The van der Waals surface area contributed by atoms with E-state index in [2.05, 4.69) is 10.3 Å². The minimum absolute atomic E-state index is 0.0173. The summed E-state index contributed by atoms with van der Waals surface area (Å²) in [6, 6.07) is 3.84. The van der Waals surface area contributed by atoms with E-state index in [1.165, 1.54) is 0 Å². The van der Waals surface area contributed by atoms with Crippen molar-refractivity contribution in [1.29, 1.82) is 0 Å². The van der Waals surface area contributed by atoms with Crippen LogP contribution < -0.4 is 10.1 Å². The number of imidazole rings is 1. The van der Waals surface area contributed by atoms with Crippen LogP contribution in [0.4, 0.5) is 0 Å². The Labute approximate surface area is 129 Å². The second-order valence-corrected chi connectivity index (χ2v) is 5.31. The number of amides is 1. The maximum absolute atomic E-state index is 11.9. The summed E-state index contributed by atoms with van der Waals surface area (Å²) in [6.07, 6.45) is 6.11. The Hall–Kier alpha value is -2.08. The van der Waals surface area contributed by atoms with Crippen molar-refractivity contribution in [2.45, 2.75) is 32.3 Å². The molecule has 0 bridgehead atoms. The number of nitrogens with zero attached hydrogens (tertiary/aromatic N) is 2. The van der Waals surface area contributed by atoms with Gasteiger partial charge in [0.25, 0.3) is 0 Å². The van der Waals surface area contributed by atoms with Crippen LogP contribution in [0.1, 0.15) is 25.5 Å². The van der Waals surface area contributed by atoms with E-state index in [0.717, 1.165) is 29.9 Å². The minimum Gasteiger partial charge on any atom is -0.490 e. The molecule has 2 aromatic rings. The topological polar surface area (TPSA) is 64.9 Å². The zero-order valence-electron chi connectivity index (χ0n) is 12.7. The fourth-order valence-corrected chi connectivity index (χ4v) is 2.64. The van der Waals surface area contributed by atoms with Crippen molar-refractivity contribution in [3.8, 4) is 5.75 Å². The summed E-state index contributed by atoms with van der Waals surface area (Å²) in [4.78, 5) is 16.4. The van der Waals surface area contributed by atoms with Crippen LogP contribution in [0.3, 0.4) is 0 Å². The van der Waals surface area contributed by atoms with E-state index in [4.69, 9.17) is 9.47 Å². The van der Waals surface area contributed by atoms with Crippen LogP contribution in [0.5, 0.6) is 5.75 Å². The van der Waals surface area contributed by atoms with Gasteiger partial charge in [0.05, 0.1) is 12.3 Å². The molecule has 1 aliphatic rings. The molecule has 0 spiro atoms. The Kier molecular flexibility index (Phi) is 4.58. The number of aromatic nitrogens is 2. The normalized spacial score (nSPS) is 17.8. The molecule has 0 aliphatic carbocycles. The van der Waals surface area contributed by atoms with Gasteiger partial charge in [0.2, 0.25) is 5.91 Å². The van der Waals surface area contributed by atoms with Crippen molar-refractivity contribution >= 4 is 11.6 Å². The van der Waals surface area contributed by atoms with Gasteiger partial charge in [-0.25, -0.2) is 4.98 Å². The Bertz CT molecular complexity index is 647. The number of carbonyl (C=O) groups is 1. The molecular weight excluding hydrogens is 282 g/mol. The Morgan fingerprint density at radius 3 is 3.27 bits per heavy atom. The summed E-state index contributed by atoms with van der Waals surface area (Å²) >= 11 is 0. The molecule has 6 nitrogen and oxygen atoms in total. The van der Waals surface area contributed by atoms with Crippen molar-refractivity contribution in [3.05, 3.63) is 30.2 Å². The van der Waals surface area contributed by atoms with Gasteiger partial charge < -0.3 is 19.2 Å². The molecule has 1 fully saturated rings. The molecule has 0 radical (unpaired) electrons. The number of hydrogen-bond donors (Lipinski definition) is 1. The second-order valence-electron chi connectivity index (χ2n) is 5.31. The van der Waals surface area contributed by atoms with Crippen LogP contribution in [0.25, 0.3) is 5.65 Å². The van der Waals surface area contributed by atoms with Gasteiger partial charge in [0.1, 0.15) is 6.10 Å². The highest BCUT2D eigenvalue weighted by Gasteiger charge is 2.22. The number of fused-ring (bicyclic) bond motifs is 1. The summed E-state index contributed by atoms with van der Waals surface area (Å²) in [5.74, 6) is 0.760. The van der Waals surface area contributed by atoms with Gasteiger partial charge in [-0.3, -0.25) is 4.79 Å². The fourth-order valence-electron chi connectivity index (χ4n) is 2.64. The number of carbonyl (C=O) groups excluding carboxylic acids is 1. The first kappa shape index (κ1) is 14.8. The molecule has 1 N–H and O–H groups in total. The lowest BCUT2D eigenvalue weighted by molar-refractivity contribution is -0.129. The van der Waals surface area contributed by atoms with E-state index in [9.17, 15) is 4.79 Å². The Morgan fingerprint density at radius 1 is 1.59 bits per heavy atom. The first-order valence-corrected chi connectivity index (χ1v) is 7.76. The largest absolute Gasteiger partial charge is 0.490 e. The molecule has 22 heavy (non-hydrogen) atoms. The van der Waals surface area contributed by atoms with E-state index < -0.39 is 0 Å². The predicted molar refractivity (Wildman–Crippen MR) is 82.0 cm³/mol. The second kappa shape index (κ2) is 6.79. The third-order valence-electron chi connectivity index (χ3n) is 3.70. The van der Waals surface area contributed by atoms with Gasteiger partial charge in [0.15, 0.2) is 11.4 Å². The van der Waals surface area contributed by atoms with Crippen molar-refractivity contribution in [3.63, 3.8) is 0 Å². The minimum atomic E-state index is -0.273. The lowest BCUT2D eigenvalue weighted by Gasteiger charge is -2.09. The molecule has 0 aromatic carbocycles. The summed E-state index contributed by atoms with van der Waals surface area (Å²) in [5.41, 5.74) is 1.74. The first-order chi connectivity index (χ1) is 10.8. The molecular formula is C16H21N3O3. The average molecular weight is 303 g/mol. The number of rotatable bonds is 6. The lowest BCUT2D eigenvalue weighted by atomic mass is 10.2. The molecule has 3 heterocycles. The van der Waals surface area contributed by atoms with E-state index in [1.807, 2.05) is 35.9 Å². The molecule has 1 aliphatic heterocycles. The number of nitrogens with one attached hydrogen (secondary N) is 1. The van der Waals surface area contributed by atoms with Crippen molar-refractivity contribution in [2.75, 3.05) is 19.8 Å². The highest BCUT2D eigenvalue weighted by molar-refractivity contribution is 5.80. The molecule has 1 amide bonds. The van der Waals surface area contributed by atoms with E-state index in [-0.39, 0.29) is 12.0 Å². The van der Waals surface area contributed by atoms with Crippen molar-refractivity contribution < 1.29 is 14.3 Å². The van der Waals surface area contributed by atoms with Gasteiger partial charge in [-0.15, -0.1) is 0 Å². The first-order valence-electron chi connectivity index (χ1n) is 7.76. The number of hydrogen-bond acceptors (Lipinski definition) is 4. The fraction of sp³-hybridized carbons (Fsp3) is 0.500. The standard InChI is InChI=1S/C16H21N3O3/c1-2-21-13-5-3-9-19-11-12(18-15(13)19)7-8-17-16(20)14-6-4-10-22-14/h3,5,9,11,14H,2,4,6-8,10H2,1H3,(H,17,20). The van der Waals surface area contributed by atoms with Gasteiger partial charge in [-0.05, 0) is 31.9 Å². The van der Waals surface area contributed by atoms with Gasteiger partial charge in [-0.1, -0.05) is 0 Å². The van der Waals surface area contributed by atoms with Crippen molar-refractivity contribution in [1.82, 2.24) is 14.7 Å². The molecule has 0 saturated carbocycles. The quantitative estimate of drug-likeness (QED) is 0.880. The molecule has 118 valence electrons. The molecule has 1 atom stereocenters.